The molecule has 0 aromatic carbocycles. The lowest BCUT2D eigenvalue weighted by Crippen LogP contribution is -2.46. The number of hydrogen-bond acceptors (Lipinski definition) is 4. The monoisotopic (exact) mass is 364 g/mol. The van der Waals surface area contributed by atoms with E-state index in [2.05, 4.69) is 15.4 Å². The van der Waals surface area contributed by atoms with Crippen molar-refractivity contribution in [1.29, 1.82) is 0 Å². The van der Waals surface area contributed by atoms with Gasteiger partial charge in [0.2, 0.25) is 0 Å². The maximum absolute atomic E-state index is 13.9. The van der Waals surface area contributed by atoms with Crippen molar-refractivity contribution < 1.29 is 14.0 Å². The average molecular weight is 364 g/mol. The Morgan fingerprint density at radius 2 is 2.19 bits per heavy atom. The minimum Gasteiger partial charge on any atom is -0.336 e. The minimum absolute atomic E-state index is 0.109. The van der Waals surface area contributed by atoms with Crippen LogP contribution in [0.25, 0.3) is 5.65 Å². The van der Waals surface area contributed by atoms with Crippen molar-refractivity contribution in [2.75, 3.05) is 27.2 Å². The van der Waals surface area contributed by atoms with E-state index in [4.69, 9.17) is 0 Å². The summed E-state index contributed by atoms with van der Waals surface area (Å²) in [6.07, 6.45) is 0.124. The lowest BCUT2D eigenvalue weighted by atomic mass is 10.2. The maximum atomic E-state index is 13.9. The van der Waals surface area contributed by atoms with Crippen LogP contribution in [0.15, 0.2) is 17.1 Å². The number of aromatic amines is 1. The van der Waals surface area contributed by atoms with Gasteiger partial charge in [-0.05, 0) is 6.92 Å². The summed E-state index contributed by atoms with van der Waals surface area (Å²) < 4.78 is 15.1. The van der Waals surface area contributed by atoms with Gasteiger partial charge in [-0.1, -0.05) is 0 Å². The standard InChI is InChI=1S/C16H21FN6O3/c1-9-4-13-18-7-12(15(25)23(13)20-9)14(24)22-8-10(17)5-11(22)6-19-16(26)21(2)3/h4,7,10-11,20H,5-6,8H2,1-3H3,(H,19,26)/t10-,11-/m0/s1. The smallest absolute Gasteiger partial charge is 0.316 e. The molecule has 1 aliphatic rings. The third-order valence-electron chi connectivity index (χ3n) is 4.37. The summed E-state index contributed by atoms with van der Waals surface area (Å²) in [5.41, 5.74) is 0.464. The number of urea groups is 1. The van der Waals surface area contributed by atoms with Gasteiger partial charge >= 0.3 is 6.03 Å². The van der Waals surface area contributed by atoms with Crippen molar-refractivity contribution in [2.45, 2.75) is 25.6 Å². The van der Waals surface area contributed by atoms with Gasteiger partial charge in [-0.25, -0.2) is 18.7 Å². The van der Waals surface area contributed by atoms with Crippen LogP contribution in [0.5, 0.6) is 0 Å². The molecule has 10 heteroatoms. The van der Waals surface area contributed by atoms with Crippen LogP contribution in [0, 0.1) is 6.92 Å². The Morgan fingerprint density at radius 1 is 1.46 bits per heavy atom. The van der Waals surface area contributed by atoms with Crippen LogP contribution in [-0.2, 0) is 0 Å². The second-order valence-corrected chi connectivity index (χ2v) is 6.63. The van der Waals surface area contributed by atoms with Gasteiger partial charge in [0.25, 0.3) is 11.5 Å². The Bertz CT molecular complexity index is 905. The third kappa shape index (κ3) is 3.26. The topological polar surface area (TPSA) is 103 Å². The Balaban J connectivity index is 1.84. The molecule has 9 nitrogen and oxygen atoms in total. The van der Waals surface area contributed by atoms with Gasteiger partial charge in [-0.3, -0.25) is 14.7 Å². The van der Waals surface area contributed by atoms with Gasteiger partial charge in [-0.2, -0.15) is 0 Å². The van der Waals surface area contributed by atoms with E-state index in [1.165, 1.54) is 20.5 Å². The number of nitrogens with one attached hydrogen (secondary N) is 2. The van der Waals surface area contributed by atoms with Crippen molar-refractivity contribution >= 4 is 17.6 Å². The molecule has 140 valence electrons. The summed E-state index contributed by atoms with van der Waals surface area (Å²) >= 11 is 0. The van der Waals surface area contributed by atoms with Crippen LogP contribution >= 0.6 is 0 Å². The fourth-order valence-electron chi connectivity index (χ4n) is 3.05. The number of rotatable bonds is 3. The number of alkyl halides is 1. The lowest BCUT2D eigenvalue weighted by Gasteiger charge is -2.25. The number of fused-ring (bicyclic) bond motifs is 1. The van der Waals surface area contributed by atoms with Crippen molar-refractivity contribution in [3.05, 3.63) is 33.9 Å². The van der Waals surface area contributed by atoms with E-state index in [1.54, 1.807) is 27.1 Å². The number of nitrogens with zero attached hydrogens (tertiary/aromatic N) is 4. The molecule has 2 aromatic heterocycles. The summed E-state index contributed by atoms with van der Waals surface area (Å²) in [7, 11) is 3.18. The first-order chi connectivity index (χ1) is 12.3. The number of aromatic nitrogens is 3. The van der Waals surface area contributed by atoms with Gasteiger partial charge in [-0.15, -0.1) is 0 Å². The number of carbonyl (C=O) groups excluding carboxylic acids is 2. The van der Waals surface area contributed by atoms with Gasteiger partial charge < -0.3 is 15.1 Å². The number of H-pyrrole nitrogens is 1. The molecule has 26 heavy (non-hydrogen) atoms. The average Bonchev–Trinajstić information content (AvgIpc) is 3.14. The fraction of sp³-hybridized carbons (Fsp3) is 0.500. The Hall–Kier alpha value is -2.91. The normalized spacial score (nSPS) is 19.8. The van der Waals surface area contributed by atoms with Crippen LogP contribution < -0.4 is 10.9 Å². The van der Waals surface area contributed by atoms with Crippen LogP contribution in [0.1, 0.15) is 22.5 Å². The largest absolute Gasteiger partial charge is 0.336 e. The number of likely N-dealkylation sites (tertiary alicyclic amines) is 1. The van der Waals surface area contributed by atoms with Gasteiger partial charge in [0.05, 0.1) is 12.6 Å². The Labute approximate surface area is 148 Å². The highest BCUT2D eigenvalue weighted by Gasteiger charge is 2.37. The zero-order valence-corrected chi connectivity index (χ0v) is 14.8. The molecule has 2 atom stereocenters. The van der Waals surface area contributed by atoms with Crippen LogP contribution in [-0.4, -0.2) is 75.7 Å². The molecule has 0 unspecified atom stereocenters. The molecule has 1 aliphatic heterocycles. The lowest BCUT2D eigenvalue weighted by molar-refractivity contribution is 0.0726. The first-order valence-corrected chi connectivity index (χ1v) is 8.25. The quantitative estimate of drug-likeness (QED) is 0.809. The molecule has 0 spiro atoms. The van der Waals surface area contributed by atoms with Crippen molar-refractivity contribution in [3.63, 3.8) is 0 Å². The number of carbonyl (C=O) groups is 2. The van der Waals surface area contributed by atoms with Crippen molar-refractivity contribution in [2.24, 2.45) is 0 Å². The summed E-state index contributed by atoms with van der Waals surface area (Å²) in [5.74, 6) is -0.589. The molecule has 0 saturated carbocycles. The second kappa shape index (κ2) is 6.77. The zero-order valence-electron chi connectivity index (χ0n) is 14.8. The highest BCUT2D eigenvalue weighted by Crippen LogP contribution is 2.21. The van der Waals surface area contributed by atoms with E-state index < -0.39 is 23.7 Å². The third-order valence-corrected chi connectivity index (χ3v) is 4.37. The zero-order chi connectivity index (χ0) is 19.0. The fourth-order valence-corrected chi connectivity index (χ4v) is 3.05. The summed E-state index contributed by atoms with van der Waals surface area (Å²) in [4.78, 5) is 43.8. The molecule has 0 bridgehead atoms. The predicted molar refractivity (Wildman–Crippen MR) is 92.0 cm³/mol. The van der Waals surface area contributed by atoms with Crippen LogP contribution in [0.3, 0.4) is 0 Å². The minimum atomic E-state index is -1.20. The SMILES string of the molecule is Cc1cc2ncc(C(=O)N3C[C@@H](F)C[C@H]3CNC(=O)N(C)C)c(=O)n2[nH]1. The predicted octanol–water partition coefficient (Wildman–Crippen LogP) is 0.155. The van der Waals surface area contributed by atoms with Crippen LogP contribution in [0.4, 0.5) is 9.18 Å². The number of aryl methyl sites for hydroxylation is 1. The summed E-state index contributed by atoms with van der Waals surface area (Å²) in [6.45, 7) is 1.77. The van der Waals surface area contributed by atoms with E-state index in [0.717, 1.165) is 5.69 Å². The molecule has 3 amide bonds. The molecule has 0 radical (unpaired) electrons. The first-order valence-electron chi connectivity index (χ1n) is 8.25. The molecule has 2 N–H and O–H groups in total. The van der Waals surface area contributed by atoms with Gasteiger partial charge in [0.1, 0.15) is 11.7 Å². The number of hydrogen-bond donors (Lipinski definition) is 2. The Morgan fingerprint density at radius 3 is 2.88 bits per heavy atom. The molecule has 0 aliphatic carbocycles. The van der Waals surface area contributed by atoms with E-state index >= 15 is 0 Å². The van der Waals surface area contributed by atoms with Crippen LogP contribution in [0.2, 0.25) is 0 Å². The Kier molecular flexibility index (Phi) is 4.66. The highest BCUT2D eigenvalue weighted by atomic mass is 19.1. The molecule has 1 fully saturated rings. The van der Waals surface area contributed by atoms with Gasteiger partial charge in [0.15, 0.2) is 5.65 Å². The van der Waals surface area contributed by atoms with E-state index in [0.29, 0.717) is 5.65 Å². The van der Waals surface area contributed by atoms with E-state index in [1.807, 2.05) is 0 Å². The van der Waals surface area contributed by atoms with Gasteiger partial charge in [0, 0.05) is 45.0 Å². The summed E-state index contributed by atoms with van der Waals surface area (Å²) in [5, 5.41) is 5.47. The highest BCUT2D eigenvalue weighted by molar-refractivity contribution is 5.94. The molecule has 3 heterocycles. The first kappa shape index (κ1) is 17.9. The summed E-state index contributed by atoms with van der Waals surface area (Å²) in [6, 6.07) is 0.833. The molecule has 2 aromatic rings. The maximum Gasteiger partial charge on any atom is 0.316 e. The number of amides is 3. The molecule has 1 saturated heterocycles. The van der Waals surface area contributed by atoms with E-state index in [9.17, 15) is 18.8 Å². The van der Waals surface area contributed by atoms with E-state index in [-0.39, 0.29) is 31.1 Å². The molecular weight excluding hydrogens is 343 g/mol. The number of halogens is 1. The van der Waals surface area contributed by atoms with Crippen molar-refractivity contribution in [1.82, 2.24) is 29.7 Å². The second-order valence-electron chi connectivity index (χ2n) is 6.63. The molecule has 3 rings (SSSR count). The molecular formula is C16H21FN6O3. The van der Waals surface area contributed by atoms with Crippen molar-refractivity contribution in [3.8, 4) is 0 Å².